The highest BCUT2D eigenvalue weighted by Crippen LogP contribution is 2.39. The number of nitrogens with one attached hydrogen (secondary N) is 1. The van der Waals surface area contributed by atoms with E-state index >= 15 is 0 Å². The number of anilines is 1. The first-order chi connectivity index (χ1) is 16.9. The number of alkyl halides is 6. The number of fused-ring (bicyclic) bond motifs is 2. The molecule has 2 aromatic rings. The van der Waals surface area contributed by atoms with Crippen LogP contribution in [0.3, 0.4) is 0 Å². The number of benzene rings is 2. The predicted molar refractivity (Wildman–Crippen MR) is 122 cm³/mol. The van der Waals surface area contributed by atoms with Gasteiger partial charge >= 0.3 is 18.3 Å². The van der Waals surface area contributed by atoms with Crippen molar-refractivity contribution in [2.75, 3.05) is 11.9 Å². The van der Waals surface area contributed by atoms with Crippen LogP contribution in [0.5, 0.6) is 0 Å². The first kappa shape index (κ1) is 24.2. The maximum atomic E-state index is 13.4. The summed E-state index contributed by atoms with van der Waals surface area (Å²) in [4.78, 5) is 11.8. The van der Waals surface area contributed by atoms with Crippen LogP contribution >= 0.6 is 0 Å². The SMILES string of the molecule is CC1CC(C2C=C3COC(=O)C3=CC2)=c2ccccc2=C1Nc1cc(C(F)(F)F)cc(C(F)(F)F)c1. The van der Waals surface area contributed by atoms with Gasteiger partial charge in [0.1, 0.15) is 6.61 Å². The molecule has 1 saturated heterocycles. The van der Waals surface area contributed by atoms with E-state index < -0.39 is 23.5 Å². The number of hydrogen-bond donors (Lipinski definition) is 1. The summed E-state index contributed by atoms with van der Waals surface area (Å²) in [6.45, 7) is 2.11. The standard InChI is InChI=1S/C27H21F6NO2/c1-14-8-23(15-6-7-20-16(9-15)13-36-25(20)35)21-4-2-3-5-22(21)24(14)34-19-11-17(26(28,29)30)10-18(12-19)27(31,32)33/h2-5,7,9-12,14-15,34H,6,8,13H2,1H3. The van der Waals surface area contributed by atoms with Crippen molar-refractivity contribution in [1.82, 2.24) is 0 Å². The Morgan fingerprint density at radius 1 is 0.944 bits per heavy atom. The zero-order chi connectivity index (χ0) is 25.8. The van der Waals surface area contributed by atoms with Gasteiger partial charge in [-0.1, -0.05) is 48.9 Å². The molecule has 36 heavy (non-hydrogen) atoms. The Kier molecular flexibility index (Phi) is 5.76. The van der Waals surface area contributed by atoms with Crippen LogP contribution < -0.4 is 15.8 Å². The number of cyclic esters (lactones) is 1. The van der Waals surface area contributed by atoms with E-state index in [1.807, 2.05) is 37.3 Å². The Morgan fingerprint density at radius 2 is 1.58 bits per heavy atom. The lowest BCUT2D eigenvalue weighted by Crippen LogP contribution is -2.38. The summed E-state index contributed by atoms with van der Waals surface area (Å²) in [6, 6.07) is 8.86. The largest absolute Gasteiger partial charge is 0.457 e. The normalized spacial score (nSPS) is 21.9. The third kappa shape index (κ3) is 4.42. The molecule has 2 unspecified atom stereocenters. The number of rotatable bonds is 3. The topological polar surface area (TPSA) is 38.3 Å². The molecule has 1 heterocycles. The molecule has 0 aromatic heterocycles. The van der Waals surface area contributed by atoms with E-state index in [1.54, 1.807) is 6.07 Å². The highest BCUT2D eigenvalue weighted by molar-refractivity contribution is 5.96. The zero-order valence-corrected chi connectivity index (χ0v) is 19.1. The number of halogens is 6. The molecule has 188 valence electrons. The second-order valence-corrected chi connectivity index (χ2v) is 9.24. The lowest BCUT2D eigenvalue weighted by atomic mass is 9.78. The molecule has 1 N–H and O–H groups in total. The summed E-state index contributed by atoms with van der Waals surface area (Å²) >= 11 is 0. The van der Waals surface area contributed by atoms with Crippen molar-refractivity contribution in [3.8, 4) is 0 Å². The lowest BCUT2D eigenvalue weighted by Gasteiger charge is -2.29. The van der Waals surface area contributed by atoms with E-state index in [0.717, 1.165) is 21.6 Å². The summed E-state index contributed by atoms with van der Waals surface area (Å²) in [7, 11) is 0. The Labute approximate surface area is 202 Å². The van der Waals surface area contributed by atoms with Crippen molar-refractivity contribution < 1.29 is 35.9 Å². The van der Waals surface area contributed by atoms with Crippen LogP contribution in [0.25, 0.3) is 11.3 Å². The monoisotopic (exact) mass is 505 g/mol. The number of carbonyl (C=O) groups excluding carboxylic acids is 1. The van der Waals surface area contributed by atoms with Crippen molar-refractivity contribution >= 4 is 22.9 Å². The molecule has 1 fully saturated rings. The number of hydrogen-bond acceptors (Lipinski definition) is 3. The number of ether oxygens (including phenoxy) is 1. The highest BCUT2D eigenvalue weighted by atomic mass is 19.4. The Balaban J connectivity index is 1.62. The number of esters is 1. The molecule has 2 aromatic carbocycles. The van der Waals surface area contributed by atoms with Crippen LogP contribution in [0.15, 0.2) is 65.8 Å². The lowest BCUT2D eigenvalue weighted by molar-refractivity contribution is -0.143. The Morgan fingerprint density at radius 3 is 2.22 bits per heavy atom. The fraction of sp³-hybridized carbons (Fsp3) is 0.296. The van der Waals surface area contributed by atoms with E-state index in [-0.39, 0.29) is 36.2 Å². The average Bonchev–Trinajstić information content (AvgIpc) is 3.19. The van der Waals surface area contributed by atoms with E-state index in [9.17, 15) is 31.1 Å². The van der Waals surface area contributed by atoms with Crippen molar-refractivity contribution in [2.45, 2.75) is 32.1 Å². The van der Waals surface area contributed by atoms with Gasteiger partial charge in [0, 0.05) is 34.0 Å². The van der Waals surface area contributed by atoms with Crippen LogP contribution in [-0.4, -0.2) is 12.6 Å². The molecule has 0 saturated carbocycles. The molecular formula is C27H21F6NO2. The molecule has 2 atom stereocenters. The molecule has 0 spiro atoms. The summed E-state index contributed by atoms with van der Waals surface area (Å²) < 4.78 is 85.3. The molecule has 0 bridgehead atoms. The van der Waals surface area contributed by atoms with Crippen LogP contribution in [0.4, 0.5) is 32.0 Å². The second-order valence-electron chi connectivity index (χ2n) is 9.24. The van der Waals surface area contributed by atoms with E-state index in [1.165, 1.54) is 0 Å². The van der Waals surface area contributed by atoms with Gasteiger partial charge in [-0.05, 0) is 36.3 Å². The van der Waals surface area contributed by atoms with Gasteiger partial charge < -0.3 is 10.1 Å². The quantitative estimate of drug-likeness (QED) is 0.438. The van der Waals surface area contributed by atoms with Gasteiger partial charge in [-0.3, -0.25) is 0 Å². The minimum atomic E-state index is -4.93. The van der Waals surface area contributed by atoms with E-state index in [4.69, 9.17) is 4.74 Å². The summed E-state index contributed by atoms with van der Waals surface area (Å²) in [5.41, 5.74) is 0.0784. The van der Waals surface area contributed by atoms with Gasteiger partial charge in [-0.15, -0.1) is 0 Å². The van der Waals surface area contributed by atoms with Gasteiger partial charge in [-0.25, -0.2) is 4.79 Å². The summed E-state index contributed by atoms with van der Waals surface area (Å²) in [5, 5.41) is 4.50. The first-order valence-corrected chi connectivity index (χ1v) is 11.4. The highest BCUT2D eigenvalue weighted by Gasteiger charge is 2.37. The summed E-state index contributed by atoms with van der Waals surface area (Å²) in [5.74, 6) is -0.529. The minimum Gasteiger partial charge on any atom is -0.457 e. The smallest absolute Gasteiger partial charge is 0.416 e. The second kappa shape index (κ2) is 8.57. The van der Waals surface area contributed by atoms with Gasteiger partial charge in [0.25, 0.3) is 0 Å². The average molecular weight is 505 g/mol. The van der Waals surface area contributed by atoms with Crippen LogP contribution in [0.2, 0.25) is 0 Å². The number of allylic oxidation sites excluding steroid dienone is 2. The fourth-order valence-corrected chi connectivity index (χ4v) is 5.11. The minimum absolute atomic E-state index is 0.00814. The maximum absolute atomic E-state index is 13.4. The molecule has 2 aliphatic carbocycles. The first-order valence-electron chi connectivity index (χ1n) is 11.4. The number of carbonyl (C=O) groups is 1. The molecule has 5 rings (SSSR count). The molecule has 0 amide bonds. The third-order valence-electron chi connectivity index (χ3n) is 6.80. The van der Waals surface area contributed by atoms with Crippen molar-refractivity contribution in [3.63, 3.8) is 0 Å². The van der Waals surface area contributed by atoms with Crippen molar-refractivity contribution in [1.29, 1.82) is 0 Å². The van der Waals surface area contributed by atoms with Crippen molar-refractivity contribution in [2.24, 2.45) is 11.8 Å². The predicted octanol–water partition coefficient (Wildman–Crippen LogP) is 5.56. The summed E-state index contributed by atoms with van der Waals surface area (Å²) in [6.07, 6.45) is -4.79. The van der Waals surface area contributed by atoms with Gasteiger partial charge in [-0.2, -0.15) is 26.3 Å². The molecular weight excluding hydrogens is 484 g/mol. The fourth-order valence-electron chi connectivity index (χ4n) is 5.11. The molecule has 1 aliphatic heterocycles. The molecule has 3 nitrogen and oxygen atoms in total. The third-order valence-corrected chi connectivity index (χ3v) is 6.80. The van der Waals surface area contributed by atoms with Crippen LogP contribution in [-0.2, 0) is 21.9 Å². The van der Waals surface area contributed by atoms with E-state index in [2.05, 4.69) is 5.32 Å². The molecule has 9 heteroatoms. The van der Waals surface area contributed by atoms with Crippen molar-refractivity contribution in [3.05, 3.63) is 87.3 Å². The van der Waals surface area contributed by atoms with Gasteiger partial charge in [0.05, 0.1) is 16.7 Å². The van der Waals surface area contributed by atoms with E-state index in [0.29, 0.717) is 36.2 Å². The van der Waals surface area contributed by atoms with Gasteiger partial charge in [0.2, 0.25) is 0 Å². The molecule has 0 radical (unpaired) electrons. The van der Waals surface area contributed by atoms with Gasteiger partial charge in [0.15, 0.2) is 0 Å². The Bertz CT molecular complexity index is 1400. The maximum Gasteiger partial charge on any atom is 0.416 e. The van der Waals surface area contributed by atoms with Crippen LogP contribution in [0, 0.1) is 11.8 Å². The van der Waals surface area contributed by atoms with Crippen LogP contribution in [0.1, 0.15) is 30.9 Å². The molecule has 3 aliphatic rings. The zero-order valence-electron chi connectivity index (χ0n) is 19.1. The Hall–Kier alpha value is -3.49.